The Morgan fingerprint density at radius 3 is 2.57 bits per heavy atom. The molecule has 2 rings (SSSR count). The summed E-state index contributed by atoms with van der Waals surface area (Å²) in [7, 11) is -1.67. The van der Waals surface area contributed by atoms with Gasteiger partial charge in [-0.3, -0.25) is 14.3 Å². The molecule has 0 spiro atoms. The van der Waals surface area contributed by atoms with Crippen molar-refractivity contribution < 1.29 is 18.2 Å². The van der Waals surface area contributed by atoms with Crippen LogP contribution in [-0.2, 0) is 13.8 Å². The van der Waals surface area contributed by atoms with Gasteiger partial charge in [0.05, 0.1) is 25.2 Å². The summed E-state index contributed by atoms with van der Waals surface area (Å²) in [5, 5.41) is 8.83. The summed E-state index contributed by atoms with van der Waals surface area (Å²) in [5.74, 6) is 0. The molecule has 0 aliphatic carbocycles. The van der Waals surface area contributed by atoms with Gasteiger partial charge in [0.25, 0.3) is 14.1 Å². The Morgan fingerprint density at radius 1 is 1.37 bits per heavy atom. The van der Waals surface area contributed by atoms with Crippen LogP contribution in [0.3, 0.4) is 0 Å². The van der Waals surface area contributed by atoms with Crippen molar-refractivity contribution in [2.75, 3.05) is 6.61 Å². The third kappa shape index (κ3) is 5.74. The van der Waals surface area contributed by atoms with Crippen LogP contribution in [0.1, 0.15) is 53.7 Å². The first-order valence-electron chi connectivity index (χ1n) is 10.1. The van der Waals surface area contributed by atoms with Crippen LogP contribution in [-0.4, -0.2) is 51.3 Å². The molecule has 0 bridgehead atoms. The van der Waals surface area contributed by atoms with E-state index in [4.69, 9.17) is 19.0 Å². The summed E-state index contributed by atoms with van der Waals surface area (Å²) >= 11 is 0. The van der Waals surface area contributed by atoms with E-state index in [1.54, 1.807) is 0 Å². The number of nitrogens with one attached hydrogen (secondary N) is 1. The first-order chi connectivity index (χ1) is 14.2. The minimum Gasteiger partial charge on any atom is -0.349 e. The molecule has 168 valence electrons. The summed E-state index contributed by atoms with van der Waals surface area (Å²) in [4.78, 5) is 25.6. The molecule has 1 fully saturated rings. The smallest absolute Gasteiger partial charge is 0.330 e. The maximum Gasteiger partial charge on any atom is 0.330 e. The summed E-state index contributed by atoms with van der Waals surface area (Å²) in [6, 6.07) is 3.30. The van der Waals surface area contributed by atoms with E-state index in [1.807, 2.05) is 45.4 Å². The minimum absolute atomic E-state index is 0.0660. The van der Waals surface area contributed by atoms with Gasteiger partial charge in [0.2, 0.25) is 0 Å². The van der Waals surface area contributed by atoms with Crippen molar-refractivity contribution in [3.05, 3.63) is 33.1 Å². The highest BCUT2D eigenvalue weighted by atomic mass is 31.2. The number of hydrogen-bond donors (Lipinski definition) is 1. The molecule has 1 aliphatic rings. The van der Waals surface area contributed by atoms with Crippen LogP contribution in [0.15, 0.2) is 21.9 Å². The molecular formula is C19H30FN4O5P. The van der Waals surface area contributed by atoms with Crippen molar-refractivity contribution in [2.45, 2.75) is 84.2 Å². The number of nitriles is 1. The van der Waals surface area contributed by atoms with Crippen LogP contribution < -0.4 is 11.2 Å². The topological polar surface area (TPSA) is 110 Å². The molecule has 9 nitrogen and oxygen atoms in total. The molecule has 11 heteroatoms. The van der Waals surface area contributed by atoms with Crippen LogP contribution >= 0.6 is 8.53 Å². The second-order valence-corrected chi connectivity index (χ2v) is 8.96. The number of alkyl halides is 1. The van der Waals surface area contributed by atoms with Crippen LogP contribution in [0.5, 0.6) is 0 Å². The normalized spacial score (nSPS) is 25.2. The third-order valence-electron chi connectivity index (χ3n) is 4.67. The van der Waals surface area contributed by atoms with Gasteiger partial charge < -0.3 is 13.8 Å². The van der Waals surface area contributed by atoms with E-state index in [1.165, 1.54) is 6.20 Å². The van der Waals surface area contributed by atoms with Crippen LogP contribution in [0.2, 0.25) is 0 Å². The van der Waals surface area contributed by atoms with Crippen LogP contribution in [0, 0.1) is 11.3 Å². The quantitative estimate of drug-likeness (QED) is 0.436. The average Bonchev–Trinajstić information content (AvgIpc) is 2.97. The maximum absolute atomic E-state index is 15.5. The fourth-order valence-electron chi connectivity index (χ4n) is 3.40. The predicted molar refractivity (Wildman–Crippen MR) is 111 cm³/mol. The van der Waals surface area contributed by atoms with Crippen molar-refractivity contribution in [3.63, 3.8) is 0 Å². The molecule has 1 aromatic rings. The van der Waals surface area contributed by atoms with Gasteiger partial charge in [-0.2, -0.15) is 5.26 Å². The molecule has 2 heterocycles. The van der Waals surface area contributed by atoms with Gasteiger partial charge in [-0.05, 0) is 34.1 Å². The van der Waals surface area contributed by atoms with E-state index < -0.39 is 44.4 Å². The Bertz CT molecular complexity index is 831. The molecule has 0 aromatic carbocycles. The second kappa shape index (κ2) is 11.1. The number of rotatable bonds is 10. The molecule has 1 saturated heterocycles. The number of H-pyrrole nitrogens is 1. The second-order valence-electron chi connectivity index (χ2n) is 7.55. The number of nitrogens with zero attached hydrogens (tertiary/aromatic N) is 3. The van der Waals surface area contributed by atoms with E-state index in [-0.39, 0.29) is 25.1 Å². The largest absolute Gasteiger partial charge is 0.349 e. The zero-order valence-electron chi connectivity index (χ0n) is 17.9. The molecule has 0 radical (unpaired) electrons. The maximum atomic E-state index is 15.5. The van der Waals surface area contributed by atoms with E-state index in [9.17, 15) is 9.59 Å². The van der Waals surface area contributed by atoms with E-state index in [0.717, 1.165) is 10.6 Å². The van der Waals surface area contributed by atoms with E-state index >= 15 is 4.39 Å². The Hall–Kier alpha value is -1.63. The Labute approximate surface area is 176 Å². The molecule has 1 aliphatic heterocycles. The summed E-state index contributed by atoms with van der Waals surface area (Å²) in [6.45, 7) is 9.97. The van der Waals surface area contributed by atoms with Crippen LogP contribution in [0.4, 0.5) is 4.39 Å². The fraction of sp³-hybridized carbons (Fsp3) is 0.737. The zero-order valence-corrected chi connectivity index (χ0v) is 18.8. The number of aromatic amines is 1. The standard InChI is InChI=1S/C19H30FN4O5P/c1-6-14-17(16(20)18(28-14)23-10-8-15(25)22-19(23)26)29-30(27-11-7-9-21)24(12(2)3)13(4)5/h8,10,12-14,16-18H,6-7,11H2,1-5H3,(H,22,25,26)/t14-,16?,17+,18-,30?/m1/s1. The Morgan fingerprint density at radius 2 is 2.03 bits per heavy atom. The predicted octanol–water partition coefficient (Wildman–Crippen LogP) is 2.84. The first kappa shape index (κ1) is 24.6. The van der Waals surface area contributed by atoms with Crippen molar-refractivity contribution >= 4 is 8.53 Å². The lowest BCUT2D eigenvalue weighted by Gasteiger charge is -2.37. The Balaban J connectivity index is 2.29. The highest BCUT2D eigenvalue weighted by Crippen LogP contribution is 2.50. The van der Waals surface area contributed by atoms with Gasteiger partial charge in [0.1, 0.15) is 6.10 Å². The number of aromatic nitrogens is 2. The molecule has 0 amide bonds. The number of ether oxygens (including phenoxy) is 1. The van der Waals surface area contributed by atoms with Gasteiger partial charge in [0, 0.05) is 24.3 Å². The van der Waals surface area contributed by atoms with E-state index in [0.29, 0.717) is 6.42 Å². The molecule has 0 saturated carbocycles. The SMILES string of the molecule is CC[C@H]1O[C@@H](n2ccc(=O)[nH]c2=O)C(F)[C@H]1OP(OCCC#N)N(C(C)C)C(C)C. The van der Waals surface area contributed by atoms with Crippen molar-refractivity contribution in [2.24, 2.45) is 0 Å². The fourth-order valence-corrected chi connectivity index (χ4v) is 5.16. The Kier molecular flexibility index (Phi) is 9.13. The number of halogens is 1. The van der Waals surface area contributed by atoms with Crippen molar-refractivity contribution in [3.8, 4) is 6.07 Å². The van der Waals surface area contributed by atoms with E-state index in [2.05, 4.69) is 4.98 Å². The summed E-state index contributed by atoms with van der Waals surface area (Å²) < 4.78 is 36.3. The third-order valence-corrected chi connectivity index (χ3v) is 6.80. The molecule has 1 aromatic heterocycles. The van der Waals surface area contributed by atoms with Crippen LogP contribution in [0.25, 0.3) is 0 Å². The lowest BCUT2D eigenvalue weighted by molar-refractivity contribution is -0.0273. The van der Waals surface area contributed by atoms with Crippen molar-refractivity contribution in [1.82, 2.24) is 14.2 Å². The highest BCUT2D eigenvalue weighted by Gasteiger charge is 2.48. The molecule has 2 unspecified atom stereocenters. The first-order valence-corrected chi connectivity index (χ1v) is 11.2. The van der Waals surface area contributed by atoms with Gasteiger partial charge in [0.15, 0.2) is 12.4 Å². The highest BCUT2D eigenvalue weighted by molar-refractivity contribution is 7.44. The zero-order chi connectivity index (χ0) is 22.4. The van der Waals surface area contributed by atoms with Gasteiger partial charge in [-0.15, -0.1) is 0 Å². The number of hydrogen-bond acceptors (Lipinski definition) is 7. The molecule has 5 atom stereocenters. The molecular weight excluding hydrogens is 414 g/mol. The minimum atomic E-state index is -1.67. The van der Waals surface area contributed by atoms with Gasteiger partial charge in [-0.1, -0.05) is 6.92 Å². The summed E-state index contributed by atoms with van der Waals surface area (Å²) in [5.41, 5.74) is -1.31. The lowest BCUT2D eigenvalue weighted by Crippen LogP contribution is -2.38. The lowest BCUT2D eigenvalue weighted by atomic mass is 10.1. The van der Waals surface area contributed by atoms with Gasteiger partial charge in [-0.25, -0.2) is 13.9 Å². The van der Waals surface area contributed by atoms with Crippen molar-refractivity contribution in [1.29, 1.82) is 5.26 Å². The average molecular weight is 444 g/mol. The van der Waals surface area contributed by atoms with Gasteiger partial charge >= 0.3 is 5.69 Å². The molecule has 30 heavy (non-hydrogen) atoms. The summed E-state index contributed by atoms with van der Waals surface area (Å²) in [6.07, 6.45) is -2.56. The monoisotopic (exact) mass is 444 g/mol. The molecule has 1 N–H and O–H groups in total.